The van der Waals surface area contributed by atoms with Gasteiger partial charge in [-0.1, -0.05) is 22.4 Å². The van der Waals surface area contributed by atoms with Gasteiger partial charge in [0.05, 0.1) is 31.9 Å². The Morgan fingerprint density at radius 2 is 2.00 bits per heavy atom. The maximum atomic E-state index is 14.2. The van der Waals surface area contributed by atoms with Gasteiger partial charge in [-0.3, -0.25) is 9.59 Å². The molecule has 0 spiro atoms. The third-order valence-electron chi connectivity index (χ3n) is 4.85. The number of hydrogen-bond acceptors (Lipinski definition) is 5. The smallest absolute Gasteiger partial charge is 0.273 e. The predicted molar refractivity (Wildman–Crippen MR) is 104 cm³/mol. The SMILES string of the molecule is COCCNC(=O)c1cn(C[C@@H]2C[C@H](F)CN2C(=O)c2cc(C)cc(C)c2)nn1. The second-order valence-electron chi connectivity index (χ2n) is 7.40. The van der Waals surface area contributed by atoms with E-state index in [4.69, 9.17) is 4.74 Å². The van der Waals surface area contributed by atoms with Crippen LogP contribution < -0.4 is 5.32 Å². The van der Waals surface area contributed by atoms with Crippen LogP contribution >= 0.6 is 0 Å². The second-order valence-corrected chi connectivity index (χ2v) is 7.40. The van der Waals surface area contributed by atoms with Crippen LogP contribution in [0.2, 0.25) is 0 Å². The first-order valence-corrected chi connectivity index (χ1v) is 9.58. The fourth-order valence-corrected chi connectivity index (χ4v) is 3.61. The number of rotatable bonds is 7. The van der Waals surface area contributed by atoms with Crippen LogP contribution in [-0.4, -0.2) is 70.7 Å². The summed E-state index contributed by atoms with van der Waals surface area (Å²) in [6.45, 7) is 4.95. The summed E-state index contributed by atoms with van der Waals surface area (Å²) in [5.74, 6) is -0.550. The molecule has 1 aliphatic rings. The number of carbonyl (C=O) groups is 2. The Labute approximate surface area is 169 Å². The Hall–Kier alpha value is -2.81. The van der Waals surface area contributed by atoms with Crippen LogP contribution in [0.15, 0.2) is 24.4 Å². The molecule has 9 heteroatoms. The summed E-state index contributed by atoms with van der Waals surface area (Å²) in [7, 11) is 1.55. The van der Waals surface area contributed by atoms with Crippen molar-refractivity contribution in [1.29, 1.82) is 0 Å². The van der Waals surface area contributed by atoms with Crippen molar-refractivity contribution in [1.82, 2.24) is 25.2 Å². The predicted octanol–water partition coefficient (Wildman–Crippen LogP) is 1.52. The summed E-state index contributed by atoms with van der Waals surface area (Å²) >= 11 is 0. The highest BCUT2D eigenvalue weighted by Gasteiger charge is 2.36. The Balaban J connectivity index is 1.69. The van der Waals surface area contributed by atoms with Crippen LogP contribution in [0.3, 0.4) is 0 Å². The number of likely N-dealkylation sites (tertiary alicyclic amines) is 1. The topological polar surface area (TPSA) is 89.4 Å². The van der Waals surface area contributed by atoms with Crippen molar-refractivity contribution in [2.45, 2.75) is 39.0 Å². The standard InChI is InChI=1S/C20H26FN5O3/c1-13-6-14(2)8-15(7-13)20(28)26-10-16(21)9-17(26)11-25-12-18(23-24-25)19(27)22-4-5-29-3/h6-8,12,16-17H,4-5,9-11H2,1-3H3,(H,22,27)/t16-,17-/m0/s1. The number of alkyl halides is 1. The van der Waals surface area contributed by atoms with Gasteiger partial charge in [0.1, 0.15) is 6.17 Å². The minimum absolute atomic E-state index is 0.0511. The molecule has 0 aliphatic carbocycles. The average molecular weight is 403 g/mol. The third kappa shape index (κ3) is 5.17. The van der Waals surface area contributed by atoms with E-state index >= 15 is 0 Å². The molecule has 29 heavy (non-hydrogen) atoms. The lowest BCUT2D eigenvalue weighted by atomic mass is 10.1. The van der Waals surface area contributed by atoms with Gasteiger partial charge in [-0.2, -0.15) is 0 Å². The molecule has 0 unspecified atom stereocenters. The van der Waals surface area contributed by atoms with E-state index in [1.54, 1.807) is 12.0 Å². The van der Waals surface area contributed by atoms with E-state index in [1.165, 1.54) is 10.9 Å². The summed E-state index contributed by atoms with van der Waals surface area (Å²) in [6.07, 6.45) is 0.647. The highest BCUT2D eigenvalue weighted by molar-refractivity contribution is 5.95. The number of benzene rings is 1. The molecule has 2 aromatic rings. The van der Waals surface area contributed by atoms with Crippen molar-refractivity contribution in [2.75, 3.05) is 26.8 Å². The summed E-state index contributed by atoms with van der Waals surface area (Å²) in [5, 5.41) is 10.5. The van der Waals surface area contributed by atoms with Gasteiger partial charge < -0.3 is 15.0 Å². The second kappa shape index (κ2) is 9.13. The first kappa shape index (κ1) is 20.9. The zero-order valence-corrected chi connectivity index (χ0v) is 16.9. The fraction of sp³-hybridized carbons (Fsp3) is 0.500. The van der Waals surface area contributed by atoms with Gasteiger partial charge >= 0.3 is 0 Å². The highest BCUT2D eigenvalue weighted by atomic mass is 19.1. The number of nitrogens with zero attached hydrogens (tertiary/aromatic N) is 4. The quantitative estimate of drug-likeness (QED) is 0.708. The van der Waals surface area contributed by atoms with Gasteiger partial charge in [0, 0.05) is 25.6 Å². The monoisotopic (exact) mass is 403 g/mol. The number of carbonyl (C=O) groups excluding carboxylic acids is 2. The number of hydrogen-bond donors (Lipinski definition) is 1. The first-order chi connectivity index (χ1) is 13.9. The van der Waals surface area contributed by atoms with Gasteiger partial charge in [-0.05, 0) is 26.0 Å². The maximum Gasteiger partial charge on any atom is 0.273 e. The van der Waals surface area contributed by atoms with Gasteiger partial charge in [-0.15, -0.1) is 5.10 Å². The van der Waals surface area contributed by atoms with Crippen molar-refractivity contribution in [3.05, 3.63) is 46.8 Å². The molecule has 2 atom stereocenters. The Bertz CT molecular complexity index is 865. The molecular formula is C20H26FN5O3. The molecule has 156 valence electrons. The van der Waals surface area contributed by atoms with Crippen molar-refractivity contribution < 1.29 is 18.7 Å². The molecule has 0 bridgehead atoms. The summed E-state index contributed by atoms with van der Waals surface area (Å²) < 4.78 is 20.5. The van der Waals surface area contributed by atoms with Crippen molar-refractivity contribution >= 4 is 11.8 Å². The number of ether oxygens (including phenoxy) is 1. The van der Waals surface area contributed by atoms with E-state index in [0.29, 0.717) is 18.7 Å². The van der Waals surface area contributed by atoms with E-state index in [-0.39, 0.29) is 43.1 Å². The molecule has 1 aromatic heterocycles. The lowest BCUT2D eigenvalue weighted by molar-refractivity contribution is 0.0714. The number of methoxy groups -OCH3 is 1. The highest BCUT2D eigenvalue weighted by Crippen LogP contribution is 2.24. The molecule has 1 N–H and O–H groups in total. The lowest BCUT2D eigenvalue weighted by Gasteiger charge is -2.24. The summed E-state index contributed by atoms with van der Waals surface area (Å²) in [4.78, 5) is 26.6. The van der Waals surface area contributed by atoms with Crippen LogP contribution in [0.25, 0.3) is 0 Å². The minimum atomic E-state index is -1.09. The van der Waals surface area contributed by atoms with Crippen LogP contribution in [0.1, 0.15) is 38.4 Å². The molecule has 0 saturated carbocycles. The molecular weight excluding hydrogens is 377 g/mol. The number of nitrogens with one attached hydrogen (secondary N) is 1. The van der Waals surface area contributed by atoms with E-state index < -0.39 is 6.17 Å². The van der Waals surface area contributed by atoms with E-state index in [1.807, 2.05) is 32.0 Å². The van der Waals surface area contributed by atoms with Crippen LogP contribution in [0.5, 0.6) is 0 Å². The molecule has 8 nitrogen and oxygen atoms in total. The maximum absolute atomic E-state index is 14.2. The van der Waals surface area contributed by atoms with Crippen LogP contribution in [-0.2, 0) is 11.3 Å². The average Bonchev–Trinajstić information content (AvgIpc) is 3.27. The molecule has 1 aliphatic heterocycles. The van der Waals surface area contributed by atoms with Crippen molar-refractivity contribution in [3.63, 3.8) is 0 Å². The minimum Gasteiger partial charge on any atom is -0.383 e. The Morgan fingerprint density at radius 3 is 2.69 bits per heavy atom. The molecule has 1 fully saturated rings. The zero-order chi connectivity index (χ0) is 21.0. The fourth-order valence-electron chi connectivity index (χ4n) is 3.61. The van der Waals surface area contributed by atoms with E-state index in [0.717, 1.165) is 11.1 Å². The number of aromatic nitrogens is 3. The van der Waals surface area contributed by atoms with E-state index in [2.05, 4.69) is 15.6 Å². The largest absolute Gasteiger partial charge is 0.383 e. The number of halogens is 1. The molecule has 2 amide bonds. The van der Waals surface area contributed by atoms with Crippen LogP contribution in [0.4, 0.5) is 4.39 Å². The zero-order valence-electron chi connectivity index (χ0n) is 16.9. The van der Waals surface area contributed by atoms with Gasteiger partial charge in [0.25, 0.3) is 11.8 Å². The molecule has 2 heterocycles. The lowest BCUT2D eigenvalue weighted by Crippen LogP contribution is -2.38. The van der Waals surface area contributed by atoms with Gasteiger partial charge in [0.15, 0.2) is 5.69 Å². The Morgan fingerprint density at radius 1 is 1.28 bits per heavy atom. The molecule has 1 saturated heterocycles. The Kier molecular flexibility index (Phi) is 6.58. The number of amides is 2. The third-order valence-corrected chi connectivity index (χ3v) is 4.85. The molecule has 1 aromatic carbocycles. The van der Waals surface area contributed by atoms with Crippen molar-refractivity contribution in [3.8, 4) is 0 Å². The first-order valence-electron chi connectivity index (χ1n) is 9.58. The molecule has 3 rings (SSSR count). The summed E-state index contributed by atoms with van der Waals surface area (Å²) in [6, 6.07) is 5.26. The summed E-state index contributed by atoms with van der Waals surface area (Å²) in [5.41, 5.74) is 2.70. The van der Waals surface area contributed by atoms with E-state index in [9.17, 15) is 14.0 Å². The van der Waals surface area contributed by atoms with Gasteiger partial charge in [0.2, 0.25) is 0 Å². The number of aryl methyl sites for hydroxylation is 2. The van der Waals surface area contributed by atoms with Crippen LogP contribution in [0, 0.1) is 13.8 Å². The van der Waals surface area contributed by atoms with Crippen molar-refractivity contribution in [2.24, 2.45) is 0 Å². The van der Waals surface area contributed by atoms with Gasteiger partial charge in [-0.25, -0.2) is 9.07 Å². The normalized spacial score (nSPS) is 18.8. The molecule has 0 radical (unpaired) electrons.